The Bertz CT molecular complexity index is 221. The van der Waals surface area contributed by atoms with Gasteiger partial charge in [-0.15, -0.1) is 0 Å². The van der Waals surface area contributed by atoms with E-state index < -0.39 is 0 Å². The van der Waals surface area contributed by atoms with Crippen molar-refractivity contribution in [3.63, 3.8) is 0 Å². The minimum Gasteiger partial charge on any atom is -0.375 e. The maximum atomic E-state index is 3.92. The molecule has 0 spiro atoms. The number of allylic oxidation sites excluding steroid dienone is 3. The molecule has 0 aromatic heterocycles. The largest absolute Gasteiger partial charge is 0.375 e. The van der Waals surface area contributed by atoms with Crippen LogP contribution in [0.4, 0.5) is 0 Å². The van der Waals surface area contributed by atoms with E-state index in [9.17, 15) is 0 Å². The lowest BCUT2D eigenvalue weighted by Gasteiger charge is -2.27. The molecule has 0 atom stereocenters. The summed E-state index contributed by atoms with van der Waals surface area (Å²) in [5.41, 5.74) is 3.13. The summed E-state index contributed by atoms with van der Waals surface area (Å²) in [5.74, 6) is 0. The van der Waals surface area contributed by atoms with Crippen molar-refractivity contribution in [2.24, 2.45) is 0 Å². The van der Waals surface area contributed by atoms with Gasteiger partial charge in [-0.3, -0.25) is 0 Å². The molecule has 0 radical (unpaired) electrons. The molecule has 2 aliphatic rings. The van der Waals surface area contributed by atoms with E-state index in [-0.39, 0.29) is 0 Å². The normalized spacial score (nSPS) is 23.8. The predicted molar refractivity (Wildman–Crippen MR) is 56.5 cm³/mol. The third-order valence-corrected chi connectivity index (χ3v) is 3.21. The van der Waals surface area contributed by atoms with E-state index in [0.717, 1.165) is 0 Å². The lowest BCUT2D eigenvalue weighted by Crippen LogP contribution is -2.21. The summed E-state index contributed by atoms with van der Waals surface area (Å²) in [4.78, 5) is 2.58. The van der Waals surface area contributed by atoms with Crippen molar-refractivity contribution in [3.05, 3.63) is 23.9 Å². The SMILES string of the molecule is C=CC1=C(N2CCCC2)CCCC1. The first-order chi connectivity index (χ1) is 6.42. The highest BCUT2D eigenvalue weighted by Gasteiger charge is 2.19. The van der Waals surface area contributed by atoms with Crippen LogP contribution in [0, 0.1) is 0 Å². The zero-order valence-corrected chi connectivity index (χ0v) is 8.39. The van der Waals surface area contributed by atoms with Crippen LogP contribution in [-0.4, -0.2) is 18.0 Å². The van der Waals surface area contributed by atoms with Gasteiger partial charge in [0, 0.05) is 18.8 Å². The van der Waals surface area contributed by atoms with E-state index in [1.54, 1.807) is 5.70 Å². The van der Waals surface area contributed by atoms with E-state index in [1.165, 1.54) is 57.2 Å². The van der Waals surface area contributed by atoms with Crippen LogP contribution in [0.15, 0.2) is 23.9 Å². The van der Waals surface area contributed by atoms with Gasteiger partial charge in [-0.25, -0.2) is 0 Å². The van der Waals surface area contributed by atoms with E-state index in [1.807, 2.05) is 0 Å². The number of nitrogens with zero attached hydrogens (tertiary/aromatic N) is 1. The Balaban J connectivity index is 2.15. The molecule has 0 N–H and O–H groups in total. The van der Waals surface area contributed by atoms with Gasteiger partial charge in [0.2, 0.25) is 0 Å². The fraction of sp³-hybridized carbons (Fsp3) is 0.667. The summed E-state index contributed by atoms with van der Waals surface area (Å²) < 4.78 is 0. The molecule has 0 aromatic rings. The molecule has 0 saturated carbocycles. The summed E-state index contributed by atoms with van der Waals surface area (Å²) in [6, 6.07) is 0. The predicted octanol–water partition coefficient (Wildman–Crippen LogP) is 3.10. The van der Waals surface area contributed by atoms with Crippen molar-refractivity contribution in [1.82, 2.24) is 4.90 Å². The average Bonchev–Trinajstić information content (AvgIpc) is 2.70. The van der Waals surface area contributed by atoms with Crippen LogP contribution >= 0.6 is 0 Å². The molecule has 1 aliphatic carbocycles. The minimum absolute atomic E-state index is 1.26. The third-order valence-electron chi connectivity index (χ3n) is 3.21. The van der Waals surface area contributed by atoms with Crippen LogP contribution in [-0.2, 0) is 0 Å². The first kappa shape index (κ1) is 8.86. The smallest absolute Gasteiger partial charge is 0.0175 e. The molecule has 0 aromatic carbocycles. The second kappa shape index (κ2) is 3.99. The molecule has 13 heavy (non-hydrogen) atoms. The molecule has 2 rings (SSSR count). The summed E-state index contributed by atoms with van der Waals surface area (Å²) in [6.07, 6.45) is 10.1. The van der Waals surface area contributed by atoms with Gasteiger partial charge in [0.15, 0.2) is 0 Å². The van der Waals surface area contributed by atoms with Crippen molar-refractivity contribution in [2.45, 2.75) is 38.5 Å². The van der Waals surface area contributed by atoms with Crippen LogP contribution in [0.3, 0.4) is 0 Å². The van der Waals surface area contributed by atoms with Crippen LogP contribution in [0.2, 0.25) is 0 Å². The molecule has 0 bridgehead atoms. The molecular formula is C12H19N. The first-order valence-electron chi connectivity index (χ1n) is 5.51. The van der Waals surface area contributed by atoms with E-state index in [4.69, 9.17) is 0 Å². The Hall–Kier alpha value is -0.720. The first-order valence-corrected chi connectivity index (χ1v) is 5.51. The number of likely N-dealkylation sites (tertiary alicyclic amines) is 1. The van der Waals surface area contributed by atoms with E-state index in [2.05, 4.69) is 17.6 Å². The standard InChI is InChI=1S/C12H19N/c1-2-11-7-3-4-8-12(11)13-9-5-6-10-13/h2H,1,3-10H2. The van der Waals surface area contributed by atoms with E-state index in [0.29, 0.717) is 0 Å². The highest BCUT2D eigenvalue weighted by atomic mass is 15.1. The molecule has 1 saturated heterocycles. The van der Waals surface area contributed by atoms with Gasteiger partial charge in [-0.05, 0) is 44.1 Å². The molecule has 1 aliphatic heterocycles. The van der Waals surface area contributed by atoms with Crippen molar-refractivity contribution in [2.75, 3.05) is 13.1 Å². The molecule has 1 fully saturated rings. The van der Waals surface area contributed by atoms with Crippen LogP contribution < -0.4 is 0 Å². The Morgan fingerprint density at radius 2 is 1.69 bits per heavy atom. The van der Waals surface area contributed by atoms with Gasteiger partial charge in [0.1, 0.15) is 0 Å². The van der Waals surface area contributed by atoms with Crippen LogP contribution in [0.25, 0.3) is 0 Å². The summed E-state index contributed by atoms with van der Waals surface area (Å²) in [5, 5.41) is 0. The summed E-state index contributed by atoms with van der Waals surface area (Å²) >= 11 is 0. The van der Waals surface area contributed by atoms with Crippen molar-refractivity contribution in [1.29, 1.82) is 0 Å². The molecule has 1 heterocycles. The fourth-order valence-corrected chi connectivity index (χ4v) is 2.48. The lowest BCUT2D eigenvalue weighted by molar-refractivity contribution is 0.387. The Morgan fingerprint density at radius 3 is 2.38 bits per heavy atom. The van der Waals surface area contributed by atoms with Gasteiger partial charge < -0.3 is 4.90 Å². The topological polar surface area (TPSA) is 3.24 Å². The van der Waals surface area contributed by atoms with Crippen molar-refractivity contribution >= 4 is 0 Å². The zero-order chi connectivity index (χ0) is 9.10. The number of hydrogen-bond acceptors (Lipinski definition) is 1. The van der Waals surface area contributed by atoms with Gasteiger partial charge in [-0.1, -0.05) is 12.7 Å². The van der Waals surface area contributed by atoms with Gasteiger partial charge in [0.05, 0.1) is 0 Å². The molecular weight excluding hydrogens is 158 g/mol. The Labute approximate surface area is 81.1 Å². The maximum Gasteiger partial charge on any atom is 0.0175 e. The average molecular weight is 177 g/mol. The van der Waals surface area contributed by atoms with Gasteiger partial charge >= 0.3 is 0 Å². The second-order valence-corrected chi connectivity index (χ2v) is 4.08. The fourth-order valence-electron chi connectivity index (χ4n) is 2.48. The van der Waals surface area contributed by atoms with Gasteiger partial charge in [-0.2, -0.15) is 0 Å². The molecule has 0 unspecified atom stereocenters. The van der Waals surface area contributed by atoms with Crippen molar-refractivity contribution in [3.8, 4) is 0 Å². The molecule has 0 amide bonds. The third kappa shape index (κ3) is 1.79. The van der Waals surface area contributed by atoms with Crippen LogP contribution in [0.5, 0.6) is 0 Å². The lowest BCUT2D eigenvalue weighted by atomic mass is 9.95. The highest BCUT2D eigenvalue weighted by Crippen LogP contribution is 2.29. The zero-order valence-electron chi connectivity index (χ0n) is 8.39. The quantitative estimate of drug-likeness (QED) is 0.626. The minimum atomic E-state index is 1.26. The molecule has 1 nitrogen and oxygen atoms in total. The van der Waals surface area contributed by atoms with Gasteiger partial charge in [0.25, 0.3) is 0 Å². The monoisotopic (exact) mass is 177 g/mol. The number of hydrogen-bond donors (Lipinski definition) is 0. The second-order valence-electron chi connectivity index (χ2n) is 4.08. The number of rotatable bonds is 2. The maximum absolute atomic E-state index is 3.92. The summed E-state index contributed by atoms with van der Waals surface area (Å²) in [7, 11) is 0. The van der Waals surface area contributed by atoms with E-state index >= 15 is 0 Å². The molecule has 72 valence electrons. The Kier molecular flexibility index (Phi) is 2.72. The summed E-state index contributed by atoms with van der Waals surface area (Å²) in [6.45, 7) is 6.49. The van der Waals surface area contributed by atoms with Crippen molar-refractivity contribution < 1.29 is 0 Å². The molecule has 1 heteroatoms. The highest BCUT2D eigenvalue weighted by molar-refractivity contribution is 5.25. The van der Waals surface area contributed by atoms with Crippen LogP contribution in [0.1, 0.15) is 38.5 Å². The Morgan fingerprint density at radius 1 is 1.00 bits per heavy atom.